The SMILES string of the molecule is Fc1ccccc1CSc1ccc2nnc(-c3ccc(Cl)cc3)n2n1. The average Bonchev–Trinajstić information content (AvgIpc) is 3.05. The van der Waals surface area contributed by atoms with Crippen molar-refractivity contribution in [2.75, 3.05) is 0 Å². The molecule has 2 aromatic heterocycles. The van der Waals surface area contributed by atoms with Crippen LogP contribution in [0.5, 0.6) is 0 Å². The van der Waals surface area contributed by atoms with Crippen molar-refractivity contribution in [3.8, 4) is 11.4 Å². The molecule has 0 fully saturated rings. The lowest BCUT2D eigenvalue weighted by Crippen LogP contribution is -1.97. The zero-order chi connectivity index (χ0) is 17.2. The Labute approximate surface area is 152 Å². The summed E-state index contributed by atoms with van der Waals surface area (Å²) in [6, 6.07) is 17.8. The number of thioether (sulfide) groups is 1. The molecule has 4 nitrogen and oxygen atoms in total. The van der Waals surface area contributed by atoms with Crippen LogP contribution < -0.4 is 0 Å². The van der Waals surface area contributed by atoms with Crippen LogP contribution in [0.15, 0.2) is 65.7 Å². The van der Waals surface area contributed by atoms with E-state index < -0.39 is 0 Å². The summed E-state index contributed by atoms with van der Waals surface area (Å²) in [5, 5.41) is 14.4. The van der Waals surface area contributed by atoms with E-state index >= 15 is 0 Å². The zero-order valence-corrected chi connectivity index (χ0v) is 14.5. The van der Waals surface area contributed by atoms with Gasteiger partial charge in [-0.25, -0.2) is 4.39 Å². The van der Waals surface area contributed by atoms with Gasteiger partial charge in [0, 0.05) is 16.3 Å². The molecule has 4 rings (SSSR count). The van der Waals surface area contributed by atoms with Gasteiger partial charge in [-0.15, -0.1) is 10.2 Å². The van der Waals surface area contributed by atoms with Gasteiger partial charge in [0.1, 0.15) is 10.8 Å². The molecule has 0 saturated carbocycles. The Kier molecular flexibility index (Phi) is 4.38. The molecule has 25 heavy (non-hydrogen) atoms. The largest absolute Gasteiger partial charge is 0.207 e. The van der Waals surface area contributed by atoms with Gasteiger partial charge < -0.3 is 0 Å². The highest BCUT2D eigenvalue weighted by molar-refractivity contribution is 7.98. The summed E-state index contributed by atoms with van der Waals surface area (Å²) in [6.45, 7) is 0. The third-order valence-corrected chi connectivity index (χ3v) is 4.89. The van der Waals surface area contributed by atoms with Gasteiger partial charge in [-0.3, -0.25) is 0 Å². The highest BCUT2D eigenvalue weighted by Gasteiger charge is 2.11. The fraction of sp³-hybridized carbons (Fsp3) is 0.0556. The van der Waals surface area contributed by atoms with Gasteiger partial charge in [-0.2, -0.15) is 9.61 Å². The van der Waals surface area contributed by atoms with Gasteiger partial charge in [-0.1, -0.05) is 41.6 Å². The molecule has 0 atom stereocenters. The van der Waals surface area contributed by atoms with Crippen LogP contribution in [0.2, 0.25) is 5.02 Å². The Morgan fingerprint density at radius 2 is 1.76 bits per heavy atom. The van der Waals surface area contributed by atoms with Crippen LogP contribution in [0.25, 0.3) is 17.0 Å². The second-order valence-electron chi connectivity index (χ2n) is 5.35. The predicted molar refractivity (Wildman–Crippen MR) is 97.2 cm³/mol. The minimum Gasteiger partial charge on any atom is -0.207 e. The van der Waals surface area contributed by atoms with Gasteiger partial charge >= 0.3 is 0 Å². The van der Waals surface area contributed by atoms with Gasteiger partial charge in [0.2, 0.25) is 0 Å². The van der Waals surface area contributed by atoms with Crippen molar-refractivity contribution >= 4 is 29.0 Å². The molecule has 0 aliphatic carbocycles. The van der Waals surface area contributed by atoms with Crippen LogP contribution >= 0.6 is 23.4 Å². The highest BCUT2D eigenvalue weighted by Crippen LogP contribution is 2.24. The van der Waals surface area contributed by atoms with E-state index in [2.05, 4.69) is 15.3 Å². The maximum atomic E-state index is 13.7. The summed E-state index contributed by atoms with van der Waals surface area (Å²) in [7, 11) is 0. The standard InChI is InChI=1S/C18H12ClFN4S/c19-14-7-5-12(6-8-14)18-22-21-16-9-10-17(23-24(16)18)25-11-13-3-1-2-4-15(13)20/h1-10H,11H2. The second kappa shape index (κ2) is 6.82. The molecule has 0 bridgehead atoms. The fourth-order valence-electron chi connectivity index (χ4n) is 2.40. The predicted octanol–water partition coefficient (Wildman–Crippen LogP) is 4.88. The van der Waals surface area contributed by atoms with E-state index in [9.17, 15) is 4.39 Å². The molecule has 2 aromatic carbocycles. The lowest BCUT2D eigenvalue weighted by atomic mass is 10.2. The van der Waals surface area contributed by atoms with E-state index in [1.54, 1.807) is 28.8 Å². The summed E-state index contributed by atoms with van der Waals surface area (Å²) >= 11 is 7.40. The summed E-state index contributed by atoms with van der Waals surface area (Å²) < 4.78 is 15.4. The highest BCUT2D eigenvalue weighted by atomic mass is 35.5. The zero-order valence-electron chi connectivity index (χ0n) is 12.9. The van der Waals surface area contributed by atoms with Crippen molar-refractivity contribution in [3.05, 3.63) is 77.1 Å². The van der Waals surface area contributed by atoms with Gasteiger partial charge in [-0.05, 0) is 48.0 Å². The lowest BCUT2D eigenvalue weighted by molar-refractivity contribution is 0.617. The number of rotatable bonds is 4. The minimum atomic E-state index is -0.206. The number of halogens is 2. The van der Waals surface area contributed by atoms with Crippen LogP contribution in [0.1, 0.15) is 5.56 Å². The number of hydrogen-bond donors (Lipinski definition) is 0. The van der Waals surface area contributed by atoms with Crippen LogP contribution in [0, 0.1) is 5.82 Å². The minimum absolute atomic E-state index is 0.206. The monoisotopic (exact) mass is 370 g/mol. The van der Waals surface area contributed by atoms with Gasteiger partial charge in [0.15, 0.2) is 11.5 Å². The van der Waals surface area contributed by atoms with Crippen molar-refractivity contribution in [3.63, 3.8) is 0 Å². The van der Waals surface area contributed by atoms with Crippen molar-refractivity contribution in [1.82, 2.24) is 19.8 Å². The van der Waals surface area contributed by atoms with Crippen LogP contribution in [-0.2, 0) is 5.75 Å². The molecule has 0 radical (unpaired) electrons. The van der Waals surface area contributed by atoms with E-state index in [0.29, 0.717) is 27.8 Å². The molecule has 0 saturated heterocycles. The fourth-order valence-corrected chi connectivity index (χ4v) is 3.36. The second-order valence-corrected chi connectivity index (χ2v) is 6.78. The Morgan fingerprint density at radius 3 is 2.56 bits per heavy atom. The molecule has 4 aromatic rings. The Bertz CT molecular complexity index is 1030. The molecule has 0 aliphatic rings. The summed E-state index contributed by atoms with van der Waals surface area (Å²) in [5.74, 6) is 0.936. The summed E-state index contributed by atoms with van der Waals surface area (Å²) in [6.07, 6.45) is 0. The molecule has 7 heteroatoms. The normalized spacial score (nSPS) is 11.1. The number of benzene rings is 2. The van der Waals surface area contributed by atoms with E-state index in [-0.39, 0.29) is 5.82 Å². The summed E-state index contributed by atoms with van der Waals surface area (Å²) in [4.78, 5) is 0. The maximum absolute atomic E-state index is 13.7. The van der Waals surface area contributed by atoms with E-state index in [0.717, 1.165) is 10.6 Å². The van der Waals surface area contributed by atoms with Gasteiger partial charge in [0.05, 0.1) is 0 Å². The van der Waals surface area contributed by atoms with E-state index in [1.807, 2.05) is 30.3 Å². The molecule has 0 N–H and O–H groups in total. The number of nitrogens with zero attached hydrogens (tertiary/aromatic N) is 4. The number of hydrogen-bond acceptors (Lipinski definition) is 4. The molecule has 124 valence electrons. The average molecular weight is 371 g/mol. The first kappa shape index (κ1) is 16.1. The third-order valence-electron chi connectivity index (χ3n) is 3.67. The molecular formula is C18H12ClFN4S. The van der Waals surface area contributed by atoms with Crippen molar-refractivity contribution in [1.29, 1.82) is 0 Å². The van der Waals surface area contributed by atoms with E-state index in [1.165, 1.54) is 17.8 Å². The Balaban J connectivity index is 1.64. The maximum Gasteiger partial charge on any atom is 0.185 e. The summed E-state index contributed by atoms with van der Waals surface area (Å²) in [5.41, 5.74) is 2.18. The van der Waals surface area contributed by atoms with Crippen LogP contribution in [0.3, 0.4) is 0 Å². The van der Waals surface area contributed by atoms with Crippen molar-refractivity contribution < 1.29 is 4.39 Å². The molecule has 0 spiro atoms. The molecule has 2 heterocycles. The molecular weight excluding hydrogens is 359 g/mol. The molecule has 0 unspecified atom stereocenters. The first-order valence-electron chi connectivity index (χ1n) is 7.55. The quantitative estimate of drug-likeness (QED) is 0.480. The molecule has 0 aliphatic heterocycles. The smallest absolute Gasteiger partial charge is 0.185 e. The van der Waals surface area contributed by atoms with Crippen LogP contribution in [-0.4, -0.2) is 19.8 Å². The Hall–Kier alpha value is -2.44. The molecule has 0 amide bonds. The Morgan fingerprint density at radius 1 is 0.960 bits per heavy atom. The topological polar surface area (TPSA) is 43.1 Å². The van der Waals surface area contributed by atoms with Gasteiger partial charge in [0.25, 0.3) is 0 Å². The first-order chi connectivity index (χ1) is 12.2. The number of aromatic nitrogens is 4. The van der Waals surface area contributed by atoms with Crippen LogP contribution in [0.4, 0.5) is 4.39 Å². The lowest BCUT2D eigenvalue weighted by Gasteiger charge is -2.04. The van der Waals surface area contributed by atoms with Crippen molar-refractivity contribution in [2.45, 2.75) is 10.8 Å². The van der Waals surface area contributed by atoms with E-state index in [4.69, 9.17) is 11.6 Å². The third kappa shape index (κ3) is 3.36. The first-order valence-corrected chi connectivity index (χ1v) is 8.92. The van der Waals surface area contributed by atoms with Crippen molar-refractivity contribution in [2.24, 2.45) is 0 Å². The number of fused-ring (bicyclic) bond motifs is 1.